The molecule has 1 aromatic heterocycles. The van der Waals surface area contributed by atoms with Gasteiger partial charge in [0, 0.05) is 56.0 Å². The Morgan fingerprint density at radius 1 is 1.06 bits per heavy atom. The van der Waals surface area contributed by atoms with Gasteiger partial charge in [-0.25, -0.2) is 0 Å². The summed E-state index contributed by atoms with van der Waals surface area (Å²) in [6.07, 6.45) is 2.19. The number of anilines is 1. The first-order chi connectivity index (χ1) is 15.0. The van der Waals surface area contributed by atoms with E-state index in [2.05, 4.69) is 15.5 Å². The molecule has 2 amide bonds. The molecular weight excluding hydrogens is 398 g/mol. The van der Waals surface area contributed by atoms with E-state index in [1.807, 2.05) is 24.3 Å². The van der Waals surface area contributed by atoms with E-state index >= 15 is 0 Å². The summed E-state index contributed by atoms with van der Waals surface area (Å²) in [5.41, 5.74) is 4.17. The van der Waals surface area contributed by atoms with E-state index in [1.54, 1.807) is 9.80 Å². The van der Waals surface area contributed by atoms with Gasteiger partial charge in [-0.3, -0.25) is 19.5 Å². The van der Waals surface area contributed by atoms with Crippen molar-refractivity contribution in [3.8, 4) is 0 Å². The average molecular weight is 423 g/mol. The van der Waals surface area contributed by atoms with Crippen LogP contribution in [0.3, 0.4) is 0 Å². The van der Waals surface area contributed by atoms with Gasteiger partial charge in [0.15, 0.2) is 5.69 Å². The van der Waals surface area contributed by atoms with Crippen LogP contribution >= 0.6 is 0 Å². The molecule has 162 valence electrons. The SMILES string of the molecule is O=C(O)C1CCN(C(=O)c2n[nH]c3c2CN(C(=O)C2Cc4ccccc4N2)CC3)CC1. The van der Waals surface area contributed by atoms with Gasteiger partial charge in [0.1, 0.15) is 6.04 Å². The fourth-order valence-electron chi connectivity index (χ4n) is 4.81. The van der Waals surface area contributed by atoms with Gasteiger partial charge >= 0.3 is 5.97 Å². The predicted octanol–water partition coefficient (Wildman–Crippen LogP) is 1.27. The first kappa shape index (κ1) is 19.6. The Kier molecular flexibility index (Phi) is 4.88. The summed E-state index contributed by atoms with van der Waals surface area (Å²) in [5, 5.41) is 19.7. The number of aliphatic carboxylic acids is 1. The van der Waals surface area contributed by atoms with Gasteiger partial charge in [-0.2, -0.15) is 5.10 Å². The Hall–Kier alpha value is -3.36. The number of likely N-dealkylation sites (tertiary alicyclic amines) is 1. The highest BCUT2D eigenvalue weighted by Gasteiger charge is 2.35. The molecule has 1 saturated heterocycles. The van der Waals surface area contributed by atoms with Crippen LogP contribution in [0.25, 0.3) is 0 Å². The largest absolute Gasteiger partial charge is 0.481 e. The van der Waals surface area contributed by atoms with E-state index in [0.29, 0.717) is 57.6 Å². The summed E-state index contributed by atoms with van der Waals surface area (Å²) in [7, 11) is 0. The van der Waals surface area contributed by atoms with Crippen LogP contribution in [-0.2, 0) is 29.0 Å². The molecule has 9 nitrogen and oxygen atoms in total. The minimum Gasteiger partial charge on any atom is -0.481 e. The van der Waals surface area contributed by atoms with Crippen LogP contribution in [-0.4, -0.2) is 68.6 Å². The lowest BCUT2D eigenvalue weighted by Crippen LogP contribution is -2.45. The highest BCUT2D eigenvalue weighted by molar-refractivity contribution is 5.95. The Morgan fingerprint density at radius 3 is 2.58 bits per heavy atom. The molecule has 0 spiro atoms. The second-order valence-corrected chi connectivity index (χ2v) is 8.50. The number of hydrogen-bond acceptors (Lipinski definition) is 5. The van der Waals surface area contributed by atoms with E-state index in [-0.39, 0.29) is 17.9 Å². The summed E-state index contributed by atoms with van der Waals surface area (Å²) >= 11 is 0. The number of carbonyl (C=O) groups is 3. The zero-order valence-corrected chi connectivity index (χ0v) is 17.1. The second-order valence-electron chi connectivity index (χ2n) is 8.50. The number of rotatable bonds is 3. The van der Waals surface area contributed by atoms with Crippen LogP contribution in [0.2, 0.25) is 0 Å². The lowest BCUT2D eigenvalue weighted by molar-refractivity contribution is -0.143. The minimum atomic E-state index is -0.805. The number of fused-ring (bicyclic) bond motifs is 2. The number of benzene rings is 1. The normalized spacial score (nSPS) is 20.7. The summed E-state index contributed by atoms with van der Waals surface area (Å²) < 4.78 is 0. The number of carbonyl (C=O) groups excluding carboxylic acids is 2. The molecule has 4 heterocycles. The van der Waals surface area contributed by atoms with Crippen molar-refractivity contribution in [2.24, 2.45) is 5.92 Å². The molecule has 1 unspecified atom stereocenters. The number of nitrogens with zero attached hydrogens (tertiary/aromatic N) is 3. The minimum absolute atomic E-state index is 0.0312. The number of aromatic amines is 1. The van der Waals surface area contributed by atoms with E-state index in [9.17, 15) is 19.5 Å². The van der Waals surface area contributed by atoms with Gasteiger partial charge in [-0.05, 0) is 24.5 Å². The highest BCUT2D eigenvalue weighted by Crippen LogP contribution is 2.29. The standard InChI is InChI=1S/C22H25N5O4/c28-20(18-11-14-3-1-2-4-16(14)23-18)27-10-7-17-15(12-27)19(25-24-17)21(29)26-8-5-13(6-9-26)22(30)31/h1-4,13,18,23H,5-12H2,(H,24,25)(H,30,31). The zero-order valence-electron chi connectivity index (χ0n) is 17.1. The summed E-state index contributed by atoms with van der Waals surface area (Å²) in [6.45, 7) is 1.75. The van der Waals surface area contributed by atoms with Crippen molar-refractivity contribution in [3.63, 3.8) is 0 Å². The first-order valence-electron chi connectivity index (χ1n) is 10.7. The first-order valence-corrected chi connectivity index (χ1v) is 10.7. The zero-order chi connectivity index (χ0) is 21.5. The van der Waals surface area contributed by atoms with Crippen LogP contribution < -0.4 is 5.32 Å². The molecule has 3 N–H and O–H groups in total. The quantitative estimate of drug-likeness (QED) is 0.684. The summed E-state index contributed by atoms with van der Waals surface area (Å²) in [6, 6.07) is 7.65. The smallest absolute Gasteiger partial charge is 0.306 e. The number of nitrogens with one attached hydrogen (secondary N) is 2. The lowest BCUT2D eigenvalue weighted by atomic mass is 9.96. The highest BCUT2D eigenvalue weighted by atomic mass is 16.4. The monoisotopic (exact) mass is 423 g/mol. The molecule has 1 aromatic carbocycles. The van der Waals surface area contributed by atoms with E-state index < -0.39 is 11.9 Å². The molecule has 1 fully saturated rings. The topological polar surface area (TPSA) is 119 Å². The molecule has 3 aliphatic rings. The molecule has 0 saturated carbocycles. The number of carboxylic acid groups (broad SMARTS) is 1. The molecule has 9 heteroatoms. The Balaban J connectivity index is 1.28. The maximum Gasteiger partial charge on any atom is 0.306 e. The van der Waals surface area contributed by atoms with Gasteiger partial charge in [0.25, 0.3) is 5.91 Å². The molecular formula is C22H25N5O4. The van der Waals surface area contributed by atoms with Gasteiger partial charge in [-0.15, -0.1) is 0 Å². The van der Waals surface area contributed by atoms with Crippen LogP contribution in [0.15, 0.2) is 24.3 Å². The van der Waals surface area contributed by atoms with E-state index in [4.69, 9.17) is 0 Å². The summed E-state index contributed by atoms with van der Waals surface area (Å²) in [4.78, 5) is 40.9. The Morgan fingerprint density at radius 2 is 1.84 bits per heavy atom. The van der Waals surface area contributed by atoms with Crippen LogP contribution in [0, 0.1) is 5.92 Å². The van der Waals surface area contributed by atoms with Crippen molar-refractivity contribution in [1.29, 1.82) is 0 Å². The molecule has 31 heavy (non-hydrogen) atoms. The van der Waals surface area contributed by atoms with Crippen molar-refractivity contribution < 1.29 is 19.5 Å². The fourth-order valence-corrected chi connectivity index (χ4v) is 4.81. The van der Waals surface area contributed by atoms with Crippen LogP contribution in [0.5, 0.6) is 0 Å². The van der Waals surface area contributed by atoms with Crippen LogP contribution in [0.1, 0.15) is 40.2 Å². The molecule has 1 atom stereocenters. The number of para-hydroxylation sites is 1. The number of carboxylic acids is 1. The third-order valence-corrected chi connectivity index (χ3v) is 6.65. The van der Waals surface area contributed by atoms with Crippen molar-refractivity contribution in [2.75, 3.05) is 25.0 Å². The number of piperidine rings is 1. The molecule has 0 radical (unpaired) electrons. The van der Waals surface area contributed by atoms with Gasteiger partial charge in [0.2, 0.25) is 5.91 Å². The third kappa shape index (κ3) is 3.54. The van der Waals surface area contributed by atoms with E-state index in [0.717, 1.165) is 22.5 Å². The van der Waals surface area contributed by atoms with Gasteiger partial charge < -0.3 is 20.2 Å². The molecule has 5 rings (SSSR count). The average Bonchev–Trinajstić information content (AvgIpc) is 3.42. The second kappa shape index (κ2) is 7.72. The predicted molar refractivity (Wildman–Crippen MR) is 112 cm³/mol. The van der Waals surface area contributed by atoms with Crippen molar-refractivity contribution in [2.45, 2.75) is 38.3 Å². The maximum absolute atomic E-state index is 13.2. The Labute approximate surface area is 179 Å². The van der Waals surface area contributed by atoms with Gasteiger partial charge in [0.05, 0.1) is 5.92 Å². The number of aromatic nitrogens is 2. The molecule has 0 aliphatic carbocycles. The van der Waals surface area contributed by atoms with E-state index in [1.165, 1.54) is 0 Å². The number of amides is 2. The van der Waals surface area contributed by atoms with Crippen molar-refractivity contribution >= 4 is 23.5 Å². The van der Waals surface area contributed by atoms with Crippen LogP contribution in [0.4, 0.5) is 5.69 Å². The van der Waals surface area contributed by atoms with Crippen molar-refractivity contribution in [3.05, 3.63) is 46.8 Å². The van der Waals surface area contributed by atoms with Crippen molar-refractivity contribution in [1.82, 2.24) is 20.0 Å². The maximum atomic E-state index is 13.2. The molecule has 3 aliphatic heterocycles. The Bertz CT molecular complexity index is 1020. The lowest BCUT2D eigenvalue weighted by Gasteiger charge is -2.31. The molecule has 2 aromatic rings. The summed E-state index contributed by atoms with van der Waals surface area (Å²) in [5.74, 6) is -1.36. The van der Waals surface area contributed by atoms with Gasteiger partial charge in [-0.1, -0.05) is 18.2 Å². The fraction of sp³-hybridized carbons (Fsp3) is 0.455. The molecule has 0 bridgehead atoms. The number of H-pyrrole nitrogens is 1. The third-order valence-electron chi connectivity index (χ3n) is 6.65. The number of hydrogen-bond donors (Lipinski definition) is 3.